The van der Waals surface area contributed by atoms with Gasteiger partial charge in [-0.05, 0) is 84.2 Å². The van der Waals surface area contributed by atoms with Crippen molar-refractivity contribution in [3.63, 3.8) is 0 Å². The Bertz CT molecular complexity index is 987. The lowest BCUT2D eigenvalue weighted by atomic mass is 10.1. The molecule has 0 spiro atoms. The molecule has 0 bridgehead atoms. The molecule has 10 nitrogen and oxygen atoms in total. The second-order valence-electron chi connectivity index (χ2n) is 19.4. The third-order valence-electron chi connectivity index (χ3n) is 12.9. The number of rotatable bonds is 55. The van der Waals surface area contributed by atoms with Crippen LogP contribution in [0.3, 0.4) is 0 Å². The first-order chi connectivity index (χ1) is 32.0. The molecule has 0 unspecified atom stereocenters. The summed E-state index contributed by atoms with van der Waals surface area (Å²) >= 11 is 0. The molecular formula is C55H113N7O3. The first-order valence-electron chi connectivity index (χ1n) is 28.7. The zero-order chi connectivity index (χ0) is 47.2. The van der Waals surface area contributed by atoms with Crippen molar-refractivity contribution < 1.29 is 14.4 Å². The fourth-order valence-electron chi connectivity index (χ4n) is 8.51. The van der Waals surface area contributed by atoms with Gasteiger partial charge in [-0.1, -0.05) is 194 Å². The van der Waals surface area contributed by atoms with Gasteiger partial charge in [0.15, 0.2) is 0 Å². The third kappa shape index (κ3) is 53.1. The molecule has 0 aromatic carbocycles. The first kappa shape index (κ1) is 63.2. The molecule has 0 fully saturated rings. The molecule has 0 aliphatic carbocycles. The third-order valence-corrected chi connectivity index (χ3v) is 12.9. The Hall–Kier alpha value is -1.75. The SMILES string of the molecule is CCCCCCCCCCCCNC(=O)CCNCCCNCCCCN(CCCNCCC(=O)NCCCCCCCCCCCC)CCC(=O)NCCCCCCCCCCCC. The number of carbonyl (C=O) groups excluding carboxylic acids is 3. The quantitative estimate of drug-likeness (QED) is 0.0336. The zero-order valence-corrected chi connectivity index (χ0v) is 43.8. The van der Waals surface area contributed by atoms with Crippen LogP contribution in [0, 0.1) is 0 Å². The molecule has 65 heavy (non-hydrogen) atoms. The molecule has 0 saturated heterocycles. The van der Waals surface area contributed by atoms with E-state index in [4.69, 9.17) is 0 Å². The van der Waals surface area contributed by atoms with Crippen LogP contribution < -0.4 is 31.9 Å². The van der Waals surface area contributed by atoms with Crippen molar-refractivity contribution in [1.82, 2.24) is 36.8 Å². The number of carbonyl (C=O) groups is 3. The Balaban J connectivity index is 4.15. The van der Waals surface area contributed by atoms with Gasteiger partial charge < -0.3 is 36.8 Å². The summed E-state index contributed by atoms with van der Waals surface area (Å²) in [6.07, 6.45) is 45.2. The lowest BCUT2D eigenvalue weighted by Crippen LogP contribution is -2.34. The molecule has 3 amide bonds. The van der Waals surface area contributed by atoms with E-state index in [9.17, 15) is 14.4 Å². The molecule has 386 valence electrons. The van der Waals surface area contributed by atoms with E-state index in [1.54, 1.807) is 0 Å². The summed E-state index contributed by atoms with van der Waals surface area (Å²) in [6, 6.07) is 0. The van der Waals surface area contributed by atoms with Gasteiger partial charge in [0.1, 0.15) is 0 Å². The Morgan fingerprint density at radius 1 is 0.262 bits per heavy atom. The van der Waals surface area contributed by atoms with Crippen LogP contribution in [0.4, 0.5) is 0 Å². The number of unbranched alkanes of at least 4 members (excludes halogenated alkanes) is 28. The van der Waals surface area contributed by atoms with Gasteiger partial charge >= 0.3 is 0 Å². The summed E-state index contributed by atoms with van der Waals surface area (Å²) in [5.74, 6) is 0.488. The largest absolute Gasteiger partial charge is 0.356 e. The average molecular weight is 921 g/mol. The van der Waals surface area contributed by atoms with E-state index in [1.807, 2.05) is 0 Å². The van der Waals surface area contributed by atoms with Crippen LogP contribution in [-0.2, 0) is 14.4 Å². The summed E-state index contributed by atoms with van der Waals surface area (Å²) in [6.45, 7) is 17.2. The standard InChI is InChI=1S/C55H113N7O3/c1-4-7-10-13-16-19-22-25-28-31-45-59-53(63)38-48-57-43-36-42-56-41-34-35-50-62(52-40-55(65)61-47-33-30-27-24-21-18-15-12-9-6-3)51-37-44-58-49-39-54(64)60-46-32-29-26-23-20-17-14-11-8-5-2/h56-58H,4-52H2,1-3H3,(H,59,63)(H,60,64)(H,61,65). The Morgan fingerprint density at radius 3 is 0.923 bits per heavy atom. The minimum atomic E-state index is 0.151. The van der Waals surface area contributed by atoms with E-state index in [1.165, 1.54) is 173 Å². The molecule has 10 heteroatoms. The van der Waals surface area contributed by atoms with Crippen LogP contribution in [0.15, 0.2) is 0 Å². The Labute approximate surface area is 404 Å². The number of nitrogens with one attached hydrogen (secondary N) is 6. The van der Waals surface area contributed by atoms with Gasteiger partial charge in [0.2, 0.25) is 17.7 Å². The second kappa shape index (κ2) is 54.9. The normalized spacial score (nSPS) is 11.4. The van der Waals surface area contributed by atoms with Crippen molar-refractivity contribution in [2.24, 2.45) is 0 Å². The van der Waals surface area contributed by atoms with Gasteiger partial charge in [-0.25, -0.2) is 0 Å². The Kier molecular flexibility index (Phi) is 53.4. The summed E-state index contributed by atoms with van der Waals surface area (Å²) in [7, 11) is 0. The highest BCUT2D eigenvalue weighted by Crippen LogP contribution is 2.12. The molecule has 0 heterocycles. The molecule has 0 radical (unpaired) electrons. The predicted molar refractivity (Wildman–Crippen MR) is 282 cm³/mol. The van der Waals surface area contributed by atoms with E-state index >= 15 is 0 Å². The maximum absolute atomic E-state index is 12.8. The van der Waals surface area contributed by atoms with Crippen LogP contribution in [0.5, 0.6) is 0 Å². The van der Waals surface area contributed by atoms with Crippen LogP contribution in [0.25, 0.3) is 0 Å². The van der Waals surface area contributed by atoms with Crippen LogP contribution in [0.1, 0.15) is 258 Å². The maximum atomic E-state index is 12.8. The highest BCUT2D eigenvalue weighted by Gasteiger charge is 2.09. The molecule has 0 atom stereocenters. The molecule has 6 N–H and O–H groups in total. The summed E-state index contributed by atoms with van der Waals surface area (Å²) < 4.78 is 0. The van der Waals surface area contributed by atoms with Gasteiger partial charge in [0.25, 0.3) is 0 Å². The number of hydrogen-bond donors (Lipinski definition) is 6. The minimum absolute atomic E-state index is 0.151. The van der Waals surface area contributed by atoms with Gasteiger partial charge in [-0.3, -0.25) is 14.4 Å². The van der Waals surface area contributed by atoms with E-state index < -0.39 is 0 Å². The second-order valence-corrected chi connectivity index (χ2v) is 19.4. The van der Waals surface area contributed by atoms with E-state index in [0.29, 0.717) is 25.8 Å². The molecule has 0 saturated carbocycles. The number of hydrogen-bond acceptors (Lipinski definition) is 7. The van der Waals surface area contributed by atoms with Gasteiger partial charge in [0.05, 0.1) is 0 Å². The van der Waals surface area contributed by atoms with Crippen molar-refractivity contribution in [3.8, 4) is 0 Å². The lowest BCUT2D eigenvalue weighted by Gasteiger charge is -2.22. The number of nitrogens with zero attached hydrogens (tertiary/aromatic N) is 1. The van der Waals surface area contributed by atoms with Gasteiger partial charge in [-0.2, -0.15) is 0 Å². The monoisotopic (exact) mass is 920 g/mol. The predicted octanol–water partition coefficient (Wildman–Crippen LogP) is 11.9. The van der Waals surface area contributed by atoms with E-state index in [2.05, 4.69) is 57.6 Å². The van der Waals surface area contributed by atoms with Crippen molar-refractivity contribution in [3.05, 3.63) is 0 Å². The van der Waals surface area contributed by atoms with Crippen molar-refractivity contribution >= 4 is 17.7 Å². The molecule has 0 aromatic heterocycles. The molecular weight excluding hydrogens is 807 g/mol. The molecule has 0 aliphatic heterocycles. The number of amides is 3. The van der Waals surface area contributed by atoms with E-state index in [-0.39, 0.29) is 17.7 Å². The molecule has 0 aromatic rings. The van der Waals surface area contributed by atoms with Crippen molar-refractivity contribution in [2.75, 3.05) is 78.5 Å². The van der Waals surface area contributed by atoms with Crippen LogP contribution >= 0.6 is 0 Å². The van der Waals surface area contributed by atoms with Crippen LogP contribution in [0.2, 0.25) is 0 Å². The fourth-order valence-corrected chi connectivity index (χ4v) is 8.51. The average Bonchev–Trinajstić information content (AvgIpc) is 3.30. The highest BCUT2D eigenvalue weighted by molar-refractivity contribution is 5.76. The lowest BCUT2D eigenvalue weighted by molar-refractivity contribution is -0.122. The smallest absolute Gasteiger partial charge is 0.221 e. The maximum Gasteiger partial charge on any atom is 0.221 e. The highest BCUT2D eigenvalue weighted by atomic mass is 16.2. The molecule has 0 rings (SSSR count). The minimum Gasteiger partial charge on any atom is -0.356 e. The van der Waals surface area contributed by atoms with Crippen molar-refractivity contribution in [2.45, 2.75) is 258 Å². The van der Waals surface area contributed by atoms with Gasteiger partial charge in [-0.15, -0.1) is 0 Å². The van der Waals surface area contributed by atoms with E-state index in [0.717, 1.165) is 117 Å². The summed E-state index contributed by atoms with van der Waals surface area (Å²) in [5, 5.41) is 19.9. The topological polar surface area (TPSA) is 127 Å². The van der Waals surface area contributed by atoms with Crippen molar-refractivity contribution in [1.29, 1.82) is 0 Å². The summed E-state index contributed by atoms with van der Waals surface area (Å²) in [5.41, 5.74) is 0. The van der Waals surface area contributed by atoms with Crippen LogP contribution in [-0.4, -0.2) is 101 Å². The Morgan fingerprint density at radius 2 is 0.538 bits per heavy atom. The van der Waals surface area contributed by atoms with Gasteiger partial charge in [0, 0.05) is 58.5 Å². The zero-order valence-electron chi connectivity index (χ0n) is 43.8. The first-order valence-corrected chi connectivity index (χ1v) is 28.7. The summed E-state index contributed by atoms with van der Waals surface area (Å²) in [4.78, 5) is 39.7. The fraction of sp³-hybridized carbons (Fsp3) is 0.945. The molecule has 0 aliphatic rings.